The van der Waals surface area contributed by atoms with E-state index in [2.05, 4.69) is 5.32 Å². The van der Waals surface area contributed by atoms with Crippen LogP contribution >= 0.6 is 12.4 Å². The van der Waals surface area contributed by atoms with Gasteiger partial charge in [0.1, 0.15) is 0 Å². The van der Waals surface area contributed by atoms with Crippen molar-refractivity contribution in [2.24, 2.45) is 5.73 Å². The van der Waals surface area contributed by atoms with Crippen LogP contribution in [0.25, 0.3) is 10.8 Å². The summed E-state index contributed by atoms with van der Waals surface area (Å²) in [6, 6.07) is 13.3. The van der Waals surface area contributed by atoms with Crippen LogP contribution in [0.5, 0.6) is 0 Å². The Morgan fingerprint density at radius 2 is 1.68 bits per heavy atom. The van der Waals surface area contributed by atoms with Crippen LogP contribution in [0.3, 0.4) is 0 Å². The number of rotatable bonds is 7. The smallest absolute Gasteiger partial charge is 0.277 e. The van der Waals surface area contributed by atoms with E-state index in [0.717, 1.165) is 16.3 Å². The average molecular weight is 372 g/mol. The topological polar surface area (TPSA) is 84.2 Å². The number of amides is 2. The molecule has 2 rings (SSSR count). The van der Waals surface area contributed by atoms with Crippen LogP contribution in [0.4, 0.5) is 8.78 Å². The van der Waals surface area contributed by atoms with Gasteiger partial charge < -0.3 is 16.4 Å². The zero-order chi connectivity index (χ0) is 17.6. The second-order valence-corrected chi connectivity index (χ2v) is 5.43. The Kier molecular flexibility index (Phi) is 7.73. The van der Waals surface area contributed by atoms with Gasteiger partial charge in [-0.1, -0.05) is 42.5 Å². The van der Waals surface area contributed by atoms with Crippen molar-refractivity contribution in [3.8, 4) is 0 Å². The summed E-state index contributed by atoms with van der Waals surface area (Å²) in [5, 5.41) is 6.44. The first-order valence-electron chi connectivity index (χ1n) is 7.49. The number of nitrogens with one attached hydrogen (secondary N) is 2. The van der Waals surface area contributed by atoms with E-state index in [1.54, 1.807) is 0 Å². The van der Waals surface area contributed by atoms with Crippen LogP contribution < -0.4 is 16.4 Å². The summed E-state index contributed by atoms with van der Waals surface area (Å²) in [4.78, 5) is 23.4. The first-order chi connectivity index (χ1) is 11.4. The number of benzene rings is 2. The highest BCUT2D eigenvalue weighted by molar-refractivity contribution is 5.91. The van der Waals surface area contributed by atoms with Gasteiger partial charge in [0.2, 0.25) is 11.8 Å². The van der Waals surface area contributed by atoms with Gasteiger partial charge in [0.25, 0.3) is 5.92 Å². The Balaban J connectivity index is 0.00000312. The number of nitrogens with two attached hydrogens (primary N) is 1. The molecule has 0 saturated carbocycles. The van der Waals surface area contributed by atoms with Crippen LogP contribution in [-0.2, 0) is 16.0 Å². The number of carbonyl (C=O) groups is 2. The number of halogens is 3. The molecule has 25 heavy (non-hydrogen) atoms. The third-order valence-electron chi connectivity index (χ3n) is 3.52. The van der Waals surface area contributed by atoms with Gasteiger partial charge in [0, 0.05) is 0 Å². The van der Waals surface area contributed by atoms with Crippen molar-refractivity contribution in [2.45, 2.75) is 12.3 Å². The maximum absolute atomic E-state index is 12.9. The molecular weight excluding hydrogens is 352 g/mol. The standard InChI is InChI=1S/C17H19F2N3O2.ClH/c18-17(19,10-20)11-22-16(24)9-21-15(23)8-13-6-3-5-12-4-1-2-7-14(12)13;/h1-7H,8-11,20H2,(H,21,23)(H,22,24);1H. The lowest BCUT2D eigenvalue weighted by Gasteiger charge is -2.14. The Morgan fingerprint density at radius 1 is 1.00 bits per heavy atom. The molecule has 0 atom stereocenters. The van der Waals surface area contributed by atoms with E-state index in [1.165, 1.54) is 0 Å². The summed E-state index contributed by atoms with van der Waals surface area (Å²) in [6.45, 7) is -2.05. The molecule has 0 radical (unpaired) electrons. The molecule has 0 aliphatic heterocycles. The SMILES string of the molecule is Cl.NCC(F)(F)CNC(=O)CNC(=O)Cc1cccc2ccccc12. The Bertz CT molecular complexity index is 735. The molecule has 0 spiro atoms. The summed E-state index contributed by atoms with van der Waals surface area (Å²) in [6.07, 6.45) is 0.105. The van der Waals surface area contributed by atoms with Crippen LogP contribution in [0.1, 0.15) is 5.56 Å². The fourth-order valence-electron chi connectivity index (χ4n) is 2.22. The normalized spacial score (nSPS) is 10.8. The molecule has 136 valence electrons. The second-order valence-electron chi connectivity index (χ2n) is 5.43. The lowest BCUT2D eigenvalue weighted by atomic mass is 10.0. The predicted molar refractivity (Wildman–Crippen MR) is 94.9 cm³/mol. The fraction of sp³-hybridized carbons (Fsp3) is 0.294. The zero-order valence-corrected chi connectivity index (χ0v) is 14.2. The zero-order valence-electron chi connectivity index (χ0n) is 13.4. The number of fused-ring (bicyclic) bond motifs is 1. The molecule has 0 unspecified atom stereocenters. The predicted octanol–water partition coefficient (Wildman–Crippen LogP) is 1.63. The maximum Gasteiger partial charge on any atom is 0.277 e. The largest absolute Gasteiger partial charge is 0.348 e. The summed E-state index contributed by atoms with van der Waals surface area (Å²) < 4.78 is 25.8. The third-order valence-corrected chi connectivity index (χ3v) is 3.52. The monoisotopic (exact) mass is 371 g/mol. The summed E-state index contributed by atoms with van der Waals surface area (Å²) in [5.74, 6) is -4.19. The van der Waals surface area contributed by atoms with E-state index in [1.807, 2.05) is 47.8 Å². The van der Waals surface area contributed by atoms with E-state index >= 15 is 0 Å². The number of carbonyl (C=O) groups excluding carboxylic acids is 2. The minimum Gasteiger partial charge on any atom is -0.348 e. The van der Waals surface area contributed by atoms with E-state index in [4.69, 9.17) is 5.73 Å². The molecule has 4 N–H and O–H groups in total. The van der Waals surface area contributed by atoms with Gasteiger partial charge in [-0.3, -0.25) is 9.59 Å². The van der Waals surface area contributed by atoms with Gasteiger partial charge in [-0.2, -0.15) is 0 Å². The number of hydrogen-bond donors (Lipinski definition) is 3. The molecule has 0 aromatic heterocycles. The molecule has 5 nitrogen and oxygen atoms in total. The molecule has 2 aromatic carbocycles. The van der Waals surface area contributed by atoms with Crippen LogP contribution in [0.2, 0.25) is 0 Å². The van der Waals surface area contributed by atoms with Crippen molar-refractivity contribution in [1.29, 1.82) is 0 Å². The van der Waals surface area contributed by atoms with Crippen molar-refractivity contribution >= 4 is 35.0 Å². The lowest BCUT2D eigenvalue weighted by Crippen LogP contribution is -2.45. The molecule has 2 amide bonds. The van der Waals surface area contributed by atoms with E-state index in [0.29, 0.717) is 0 Å². The highest BCUT2D eigenvalue weighted by Crippen LogP contribution is 2.18. The molecule has 0 saturated heterocycles. The molecule has 0 heterocycles. The number of alkyl halides is 2. The van der Waals surface area contributed by atoms with Crippen LogP contribution in [0, 0.1) is 0 Å². The molecule has 0 aliphatic carbocycles. The van der Waals surface area contributed by atoms with E-state index in [-0.39, 0.29) is 31.3 Å². The second kappa shape index (κ2) is 9.29. The van der Waals surface area contributed by atoms with Gasteiger partial charge in [-0.15, -0.1) is 12.4 Å². The molecule has 8 heteroatoms. The van der Waals surface area contributed by atoms with Crippen molar-refractivity contribution in [1.82, 2.24) is 10.6 Å². The van der Waals surface area contributed by atoms with Crippen molar-refractivity contribution < 1.29 is 18.4 Å². The quantitative estimate of drug-likeness (QED) is 0.691. The molecule has 0 aliphatic rings. The van der Waals surface area contributed by atoms with Gasteiger partial charge in [0.05, 0.1) is 26.1 Å². The maximum atomic E-state index is 12.9. The average Bonchev–Trinajstić information content (AvgIpc) is 2.58. The lowest BCUT2D eigenvalue weighted by molar-refractivity contribution is -0.126. The van der Waals surface area contributed by atoms with Crippen molar-refractivity contribution in [3.63, 3.8) is 0 Å². The summed E-state index contributed by atoms with van der Waals surface area (Å²) in [5.41, 5.74) is 5.71. The van der Waals surface area contributed by atoms with Gasteiger partial charge in [0.15, 0.2) is 0 Å². The van der Waals surface area contributed by atoms with Crippen LogP contribution in [-0.4, -0.2) is 37.4 Å². The minimum absolute atomic E-state index is 0. The van der Waals surface area contributed by atoms with Crippen LogP contribution in [0.15, 0.2) is 42.5 Å². The Morgan fingerprint density at radius 3 is 2.40 bits per heavy atom. The van der Waals surface area contributed by atoms with Crippen molar-refractivity contribution in [2.75, 3.05) is 19.6 Å². The first-order valence-corrected chi connectivity index (χ1v) is 7.49. The van der Waals surface area contributed by atoms with E-state index < -0.39 is 24.9 Å². The Labute approximate surface area is 150 Å². The summed E-state index contributed by atoms with van der Waals surface area (Å²) >= 11 is 0. The van der Waals surface area contributed by atoms with Gasteiger partial charge >= 0.3 is 0 Å². The van der Waals surface area contributed by atoms with Crippen molar-refractivity contribution in [3.05, 3.63) is 48.0 Å². The summed E-state index contributed by atoms with van der Waals surface area (Å²) in [7, 11) is 0. The molecule has 0 bridgehead atoms. The molecule has 0 fully saturated rings. The highest BCUT2D eigenvalue weighted by Gasteiger charge is 2.27. The van der Waals surface area contributed by atoms with E-state index in [9.17, 15) is 18.4 Å². The number of hydrogen-bond acceptors (Lipinski definition) is 3. The Hall–Kier alpha value is -2.25. The third kappa shape index (κ3) is 6.28. The minimum atomic E-state index is -3.15. The van der Waals surface area contributed by atoms with Gasteiger partial charge in [-0.05, 0) is 16.3 Å². The first kappa shape index (κ1) is 20.8. The molecular formula is C17H20ClF2N3O2. The molecule has 2 aromatic rings. The van der Waals surface area contributed by atoms with Gasteiger partial charge in [-0.25, -0.2) is 8.78 Å². The highest BCUT2D eigenvalue weighted by atomic mass is 35.5. The fourth-order valence-corrected chi connectivity index (χ4v) is 2.22.